The predicted octanol–water partition coefficient (Wildman–Crippen LogP) is 3.10. The van der Waals surface area contributed by atoms with Gasteiger partial charge in [-0.15, -0.1) is 0 Å². The smallest absolute Gasteiger partial charge is 0.129 e. The molecule has 1 heterocycles. The molecule has 0 N–H and O–H groups in total. The summed E-state index contributed by atoms with van der Waals surface area (Å²) >= 11 is 6.76. The van der Waals surface area contributed by atoms with Gasteiger partial charge in [0.2, 0.25) is 0 Å². The molecule has 1 aliphatic carbocycles. The largest absolute Gasteiger partial charge is 0.257 e. The molecule has 0 aromatic carbocycles. The van der Waals surface area contributed by atoms with Gasteiger partial charge in [-0.3, -0.25) is 4.68 Å². The van der Waals surface area contributed by atoms with E-state index in [0.29, 0.717) is 6.42 Å². The molecule has 3 nitrogen and oxygen atoms in total. The predicted molar refractivity (Wildman–Crippen MR) is 59.5 cm³/mol. The van der Waals surface area contributed by atoms with Crippen LogP contribution in [0.3, 0.4) is 0 Å². The van der Waals surface area contributed by atoms with Crippen LogP contribution in [0.2, 0.25) is 0 Å². The molecule has 0 aliphatic heterocycles. The van der Waals surface area contributed by atoms with E-state index in [-0.39, 0.29) is 5.41 Å². The molecule has 0 amide bonds. The van der Waals surface area contributed by atoms with E-state index in [1.807, 2.05) is 10.7 Å². The van der Waals surface area contributed by atoms with Gasteiger partial charge in [0.05, 0.1) is 6.07 Å². The number of aromatic nitrogens is 2. The fourth-order valence-corrected chi connectivity index (χ4v) is 2.67. The Morgan fingerprint density at radius 1 is 1.57 bits per heavy atom. The molecule has 2 rings (SSSR count). The lowest BCUT2D eigenvalue weighted by Crippen LogP contribution is -2.12. The average molecular weight is 319 g/mol. The lowest BCUT2D eigenvalue weighted by atomic mass is 10.0. The topological polar surface area (TPSA) is 41.6 Å². The Morgan fingerprint density at radius 3 is 2.71 bits per heavy atom. The summed E-state index contributed by atoms with van der Waals surface area (Å²) in [7, 11) is 0. The number of halogens is 2. The van der Waals surface area contributed by atoms with E-state index in [1.165, 1.54) is 0 Å². The van der Waals surface area contributed by atoms with Gasteiger partial charge in [-0.05, 0) is 44.7 Å². The van der Waals surface area contributed by atoms with Gasteiger partial charge in [-0.2, -0.15) is 10.4 Å². The molecule has 0 radical (unpaired) electrons. The minimum Gasteiger partial charge on any atom is -0.257 e. The lowest BCUT2D eigenvalue weighted by molar-refractivity contribution is 0.399. The van der Waals surface area contributed by atoms with Gasteiger partial charge in [0, 0.05) is 24.4 Å². The quantitative estimate of drug-likeness (QED) is 0.859. The Morgan fingerprint density at radius 2 is 2.29 bits per heavy atom. The number of nitriles is 1. The molecule has 1 aromatic heterocycles. The number of hydrogen-bond acceptors (Lipinski definition) is 2. The van der Waals surface area contributed by atoms with Crippen molar-refractivity contribution in [3.63, 3.8) is 0 Å². The molecule has 5 heteroatoms. The van der Waals surface area contributed by atoms with Crippen LogP contribution in [0.25, 0.3) is 0 Å². The number of nitrogens with zero attached hydrogens (tertiary/aromatic N) is 3. The van der Waals surface area contributed by atoms with E-state index in [1.54, 1.807) is 0 Å². The summed E-state index contributed by atoms with van der Waals surface area (Å²) in [5, 5.41) is 13.0. The van der Waals surface area contributed by atoms with Crippen molar-refractivity contribution in [1.82, 2.24) is 9.78 Å². The minimum atomic E-state index is 0.197. The monoisotopic (exact) mass is 317 g/mol. The second-order valence-corrected chi connectivity index (χ2v) is 5.41. The molecule has 1 aromatic rings. The molecule has 14 heavy (non-hydrogen) atoms. The minimum absolute atomic E-state index is 0.197. The maximum atomic E-state index is 8.69. The Bertz CT molecular complexity index is 387. The molecule has 74 valence electrons. The highest BCUT2D eigenvalue weighted by Gasteiger charge is 2.43. The van der Waals surface area contributed by atoms with E-state index in [0.717, 1.165) is 28.6 Å². The van der Waals surface area contributed by atoms with E-state index < -0.39 is 0 Å². The fraction of sp³-hybridized carbons (Fsp3) is 0.556. The van der Waals surface area contributed by atoms with E-state index >= 15 is 0 Å². The van der Waals surface area contributed by atoms with Gasteiger partial charge in [-0.1, -0.05) is 0 Å². The molecule has 0 unspecified atom stereocenters. The molecule has 1 saturated carbocycles. The summed E-state index contributed by atoms with van der Waals surface area (Å²) in [6.07, 6.45) is 2.92. The maximum Gasteiger partial charge on any atom is 0.129 e. The van der Waals surface area contributed by atoms with Gasteiger partial charge >= 0.3 is 0 Å². The van der Waals surface area contributed by atoms with Crippen LogP contribution in [0.1, 0.15) is 19.3 Å². The SMILES string of the molecule is N#CCC1(Cn2nc(Br)cc2Br)CC1. The molecule has 0 bridgehead atoms. The van der Waals surface area contributed by atoms with Gasteiger partial charge in [-0.25, -0.2) is 0 Å². The van der Waals surface area contributed by atoms with Crippen LogP contribution in [0.15, 0.2) is 15.3 Å². The second kappa shape index (κ2) is 3.67. The van der Waals surface area contributed by atoms with E-state index in [4.69, 9.17) is 5.26 Å². The van der Waals surface area contributed by atoms with Gasteiger partial charge in [0.1, 0.15) is 9.21 Å². The van der Waals surface area contributed by atoms with E-state index in [9.17, 15) is 0 Å². The van der Waals surface area contributed by atoms with Crippen molar-refractivity contribution in [3.8, 4) is 6.07 Å². The zero-order valence-corrected chi connectivity index (χ0v) is 10.7. The Balaban J connectivity index is 2.11. The van der Waals surface area contributed by atoms with Crippen molar-refractivity contribution >= 4 is 31.9 Å². The summed E-state index contributed by atoms with van der Waals surface area (Å²) in [6.45, 7) is 0.840. The van der Waals surface area contributed by atoms with Crippen LogP contribution < -0.4 is 0 Å². The van der Waals surface area contributed by atoms with Crippen LogP contribution in [0, 0.1) is 16.7 Å². The highest BCUT2D eigenvalue weighted by molar-refractivity contribution is 9.11. The Kier molecular flexibility index (Phi) is 2.67. The molecule has 0 atom stereocenters. The first-order valence-electron chi connectivity index (χ1n) is 4.41. The summed E-state index contributed by atoms with van der Waals surface area (Å²) in [4.78, 5) is 0. The molecular weight excluding hydrogens is 310 g/mol. The van der Waals surface area contributed by atoms with Crippen molar-refractivity contribution in [2.45, 2.75) is 25.8 Å². The normalized spacial score (nSPS) is 17.8. The van der Waals surface area contributed by atoms with Crippen molar-refractivity contribution in [2.24, 2.45) is 5.41 Å². The van der Waals surface area contributed by atoms with E-state index in [2.05, 4.69) is 43.0 Å². The van der Waals surface area contributed by atoms with Crippen LogP contribution in [-0.2, 0) is 6.54 Å². The highest BCUT2D eigenvalue weighted by atomic mass is 79.9. The van der Waals surface area contributed by atoms with Crippen LogP contribution in [0.5, 0.6) is 0 Å². The molecule has 1 fully saturated rings. The summed E-state index contributed by atoms with van der Waals surface area (Å²) < 4.78 is 3.71. The third-order valence-corrected chi connectivity index (χ3v) is 3.62. The zero-order valence-electron chi connectivity index (χ0n) is 7.50. The van der Waals surface area contributed by atoms with Crippen molar-refractivity contribution in [3.05, 3.63) is 15.3 Å². The van der Waals surface area contributed by atoms with Gasteiger partial charge < -0.3 is 0 Å². The molecule has 0 spiro atoms. The van der Waals surface area contributed by atoms with Crippen molar-refractivity contribution < 1.29 is 0 Å². The molecular formula is C9H9Br2N3. The van der Waals surface area contributed by atoms with Crippen molar-refractivity contribution in [2.75, 3.05) is 0 Å². The Labute approximate surface area is 99.4 Å². The number of rotatable bonds is 3. The summed E-state index contributed by atoms with van der Waals surface area (Å²) in [5.41, 5.74) is 0.197. The van der Waals surface area contributed by atoms with Crippen LogP contribution in [0.4, 0.5) is 0 Å². The van der Waals surface area contributed by atoms with Crippen LogP contribution in [-0.4, -0.2) is 9.78 Å². The van der Waals surface area contributed by atoms with Gasteiger partial charge in [0.15, 0.2) is 0 Å². The third kappa shape index (κ3) is 2.01. The highest BCUT2D eigenvalue weighted by Crippen LogP contribution is 2.50. The standard InChI is InChI=1S/C9H9Br2N3/c10-7-5-8(11)14(13-7)6-9(1-2-9)3-4-12/h5H,1-3,6H2. The third-order valence-electron chi connectivity index (χ3n) is 2.60. The average Bonchev–Trinajstić information content (AvgIpc) is 2.77. The lowest BCUT2D eigenvalue weighted by Gasteiger charge is -2.11. The second-order valence-electron chi connectivity index (χ2n) is 3.78. The first-order chi connectivity index (χ1) is 6.65. The Hall–Kier alpha value is -0.340. The van der Waals surface area contributed by atoms with Crippen molar-refractivity contribution in [1.29, 1.82) is 5.26 Å². The van der Waals surface area contributed by atoms with Gasteiger partial charge in [0.25, 0.3) is 0 Å². The first kappa shape index (κ1) is 10.2. The number of hydrogen-bond donors (Lipinski definition) is 0. The van der Waals surface area contributed by atoms with Crippen LogP contribution >= 0.6 is 31.9 Å². The first-order valence-corrected chi connectivity index (χ1v) is 6.00. The summed E-state index contributed by atoms with van der Waals surface area (Å²) in [6, 6.07) is 4.17. The molecule has 0 saturated heterocycles. The fourth-order valence-electron chi connectivity index (χ4n) is 1.53. The molecule has 1 aliphatic rings. The zero-order chi connectivity index (χ0) is 10.2. The summed E-state index contributed by atoms with van der Waals surface area (Å²) in [5.74, 6) is 0. The maximum absolute atomic E-state index is 8.69.